The van der Waals surface area contributed by atoms with Crippen LogP contribution in [0.2, 0.25) is 0 Å². The van der Waals surface area contributed by atoms with Crippen molar-refractivity contribution >= 4 is 52.2 Å². The maximum Gasteiger partial charge on any atom is 0.308 e. The number of fused-ring (bicyclic) bond motifs is 2. The monoisotopic (exact) mass is 593 g/mol. The second kappa shape index (κ2) is 10.6. The van der Waals surface area contributed by atoms with Crippen molar-refractivity contribution in [3.05, 3.63) is 105 Å². The fourth-order valence-electron chi connectivity index (χ4n) is 5.15. The topological polar surface area (TPSA) is 97.7 Å². The van der Waals surface area contributed by atoms with Gasteiger partial charge in [-0.05, 0) is 66.2 Å². The van der Waals surface area contributed by atoms with Crippen molar-refractivity contribution in [2.24, 2.45) is 5.92 Å². The van der Waals surface area contributed by atoms with Gasteiger partial charge in [-0.1, -0.05) is 35.2 Å². The summed E-state index contributed by atoms with van der Waals surface area (Å²) >= 11 is 2.00. The number of imide groups is 1. The lowest BCUT2D eigenvalue weighted by Gasteiger charge is -2.30. The van der Waals surface area contributed by atoms with Crippen LogP contribution in [-0.2, 0) is 20.9 Å². The predicted octanol–water partition coefficient (Wildman–Crippen LogP) is 4.63. The van der Waals surface area contributed by atoms with Crippen molar-refractivity contribution in [1.82, 2.24) is 4.57 Å². The third-order valence-electron chi connectivity index (χ3n) is 7.04. The standard InChI is InChI=1S/C29H21F2N3O5S2/c1-39-20-12-2-15(3-13-20)22-23-24(27(37)34(26(23)36)19-10-6-17(31)7-11-19)40-28-25(22)41-29(38)33(28)14-21(35)32-18-8-4-16(30)5-9-18/h2-13,22-24H,14H2,1H3,(H,32,35)/t22-,23?,24?/m1/s1. The van der Waals surface area contributed by atoms with Gasteiger partial charge in [0.2, 0.25) is 17.7 Å². The lowest BCUT2D eigenvalue weighted by Crippen LogP contribution is -2.33. The predicted molar refractivity (Wildman–Crippen MR) is 150 cm³/mol. The normalized spacial score (nSPS) is 19.6. The Kier molecular flexibility index (Phi) is 6.96. The Morgan fingerprint density at radius 2 is 1.54 bits per heavy atom. The van der Waals surface area contributed by atoms with Gasteiger partial charge in [-0.3, -0.25) is 23.7 Å². The fraction of sp³-hybridized carbons (Fsp3) is 0.172. The summed E-state index contributed by atoms with van der Waals surface area (Å²) in [5.74, 6) is -3.28. The van der Waals surface area contributed by atoms with E-state index in [1.54, 1.807) is 24.3 Å². The first-order chi connectivity index (χ1) is 19.7. The van der Waals surface area contributed by atoms with E-state index in [2.05, 4.69) is 5.32 Å². The molecular weight excluding hydrogens is 572 g/mol. The van der Waals surface area contributed by atoms with E-state index in [-0.39, 0.29) is 12.2 Å². The van der Waals surface area contributed by atoms with Crippen LogP contribution in [0.25, 0.3) is 0 Å². The number of thiazole rings is 1. The number of aromatic nitrogens is 1. The van der Waals surface area contributed by atoms with Crippen LogP contribution in [-0.4, -0.2) is 34.6 Å². The molecule has 0 radical (unpaired) electrons. The van der Waals surface area contributed by atoms with Gasteiger partial charge < -0.3 is 10.1 Å². The molecule has 0 aliphatic carbocycles. The lowest BCUT2D eigenvalue weighted by atomic mass is 9.83. The average molecular weight is 594 g/mol. The number of nitrogens with one attached hydrogen (secondary N) is 1. The van der Waals surface area contributed by atoms with Crippen LogP contribution < -0.4 is 19.8 Å². The Balaban J connectivity index is 1.40. The van der Waals surface area contributed by atoms with Crippen molar-refractivity contribution in [2.75, 3.05) is 17.3 Å². The number of carbonyl (C=O) groups is 3. The summed E-state index contributed by atoms with van der Waals surface area (Å²) in [6.45, 7) is -0.342. The molecule has 0 saturated carbocycles. The molecule has 2 unspecified atom stereocenters. The van der Waals surface area contributed by atoms with E-state index in [9.17, 15) is 28.0 Å². The Bertz CT molecular complexity index is 1720. The molecule has 1 aromatic heterocycles. The molecule has 208 valence electrons. The number of hydrogen-bond acceptors (Lipinski definition) is 7. The Hall–Kier alpha value is -4.29. The van der Waals surface area contributed by atoms with Crippen LogP contribution in [0.15, 0.2) is 82.6 Å². The van der Waals surface area contributed by atoms with Gasteiger partial charge in [0.15, 0.2) is 0 Å². The first-order valence-corrected chi connectivity index (χ1v) is 14.2. The van der Waals surface area contributed by atoms with Crippen LogP contribution in [0.1, 0.15) is 16.4 Å². The van der Waals surface area contributed by atoms with Gasteiger partial charge in [0.1, 0.15) is 29.2 Å². The van der Waals surface area contributed by atoms with Crippen LogP contribution in [0.4, 0.5) is 20.2 Å². The van der Waals surface area contributed by atoms with E-state index in [0.29, 0.717) is 26.9 Å². The zero-order valence-corrected chi connectivity index (χ0v) is 23.0. The van der Waals surface area contributed by atoms with E-state index in [1.165, 1.54) is 60.2 Å². The number of benzene rings is 3. The number of methoxy groups -OCH3 is 1. The maximum atomic E-state index is 13.9. The fourth-order valence-corrected chi connectivity index (χ4v) is 7.92. The Morgan fingerprint density at radius 3 is 2.17 bits per heavy atom. The summed E-state index contributed by atoms with van der Waals surface area (Å²) in [7, 11) is 1.53. The summed E-state index contributed by atoms with van der Waals surface area (Å²) in [6.07, 6.45) is 0. The zero-order chi connectivity index (χ0) is 28.8. The molecule has 6 rings (SSSR count). The number of halogens is 2. The minimum atomic E-state index is -0.882. The molecule has 1 fully saturated rings. The molecule has 0 bridgehead atoms. The number of amides is 3. The molecule has 3 amide bonds. The van der Waals surface area contributed by atoms with Crippen LogP contribution >= 0.6 is 23.1 Å². The highest BCUT2D eigenvalue weighted by atomic mass is 32.2. The van der Waals surface area contributed by atoms with E-state index in [4.69, 9.17) is 4.74 Å². The molecule has 3 aromatic carbocycles. The third-order valence-corrected chi connectivity index (χ3v) is 9.64. The highest BCUT2D eigenvalue weighted by Crippen LogP contribution is 2.54. The molecule has 12 heteroatoms. The van der Waals surface area contributed by atoms with Crippen LogP contribution in [0.5, 0.6) is 5.75 Å². The number of anilines is 2. The zero-order valence-electron chi connectivity index (χ0n) is 21.4. The van der Waals surface area contributed by atoms with Gasteiger partial charge >= 0.3 is 4.87 Å². The summed E-state index contributed by atoms with van der Waals surface area (Å²) in [5, 5.41) is 2.20. The van der Waals surface area contributed by atoms with Gasteiger partial charge in [0.05, 0.1) is 23.7 Å². The van der Waals surface area contributed by atoms with Crippen molar-refractivity contribution in [3.8, 4) is 5.75 Å². The second-order valence-electron chi connectivity index (χ2n) is 9.48. The number of thioether (sulfide) groups is 1. The quantitative estimate of drug-likeness (QED) is 0.328. The molecule has 41 heavy (non-hydrogen) atoms. The van der Waals surface area contributed by atoms with Crippen molar-refractivity contribution in [3.63, 3.8) is 0 Å². The smallest absolute Gasteiger partial charge is 0.308 e. The van der Waals surface area contributed by atoms with Gasteiger partial charge in [-0.15, -0.1) is 0 Å². The molecule has 1 N–H and O–H groups in total. The largest absolute Gasteiger partial charge is 0.497 e. The molecule has 2 aliphatic heterocycles. The summed E-state index contributed by atoms with van der Waals surface area (Å²) in [4.78, 5) is 54.9. The van der Waals surface area contributed by atoms with Crippen LogP contribution in [0.3, 0.4) is 0 Å². The number of hydrogen-bond donors (Lipinski definition) is 1. The SMILES string of the molecule is COc1ccc([C@H]2c3sc(=O)n(CC(=O)Nc4ccc(F)cc4)c3SC3C(=O)N(c4ccc(F)cc4)C(=O)C32)cc1. The summed E-state index contributed by atoms with van der Waals surface area (Å²) in [6, 6.07) is 17.4. The van der Waals surface area contributed by atoms with E-state index in [1.807, 2.05) is 0 Å². The van der Waals surface area contributed by atoms with Crippen LogP contribution in [0, 0.1) is 17.6 Å². The minimum Gasteiger partial charge on any atom is -0.497 e. The first kappa shape index (κ1) is 26.9. The minimum absolute atomic E-state index is 0.254. The van der Waals surface area contributed by atoms with E-state index in [0.717, 1.165) is 28.0 Å². The van der Waals surface area contributed by atoms with E-state index < -0.39 is 51.3 Å². The average Bonchev–Trinajstić information content (AvgIpc) is 3.41. The van der Waals surface area contributed by atoms with E-state index >= 15 is 0 Å². The van der Waals surface area contributed by atoms with Crippen molar-refractivity contribution in [2.45, 2.75) is 22.7 Å². The number of ether oxygens (including phenoxy) is 1. The molecule has 8 nitrogen and oxygen atoms in total. The Morgan fingerprint density at radius 1 is 0.902 bits per heavy atom. The van der Waals surface area contributed by atoms with Gasteiger partial charge in [0, 0.05) is 16.5 Å². The van der Waals surface area contributed by atoms with Gasteiger partial charge in [-0.25, -0.2) is 13.7 Å². The second-order valence-corrected chi connectivity index (χ2v) is 11.6. The third kappa shape index (κ3) is 4.82. The molecule has 3 heterocycles. The molecule has 0 spiro atoms. The highest BCUT2D eigenvalue weighted by Gasteiger charge is 2.56. The molecule has 4 aromatic rings. The highest BCUT2D eigenvalue weighted by molar-refractivity contribution is 8.00. The first-order valence-electron chi connectivity index (χ1n) is 12.5. The molecule has 3 atom stereocenters. The molecule has 2 aliphatic rings. The Labute approximate surface area is 240 Å². The summed E-state index contributed by atoms with van der Waals surface area (Å²) in [5.41, 5.74) is 1.32. The van der Waals surface area contributed by atoms with Crippen molar-refractivity contribution < 1.29 is 27.9 Å². The maximum absolute atomic E-state index is 13.9. The van der Waals surface area contributed by atoms with Gasteiger partial charge in [0.25, 0.3) is 0 Å². The van der Waals surface area contributed by atoms with Gasteiger partial charge in [-0.2, -0.15) is 0 Å². The number of rotatable bonds is 6. The van der Waals surface area contributed by atoms with Crippen molar-refractivity contribution in [1.29, 1.82) is 0 Å². The molecular formula is C29H21F2N3O5S2. The number of nitrogens with zero attached hydrogens (tertiary/aromatic N) is 2. The number of carbonyl (C=O) groups excluding carboxylic acids is 3. The molecule has 1 saturated heterocycles. The summed E-state index contributed by atoms with van der Waals surface area (Å²) < 4.78 is 33.5. The lowest BCUT2D eigenvalue weighted by molar-refractivity contribution is -0.122.